The molecule has 0 aliphatic rings. The van der Waals surface area contributed by atoms with Gasteiger partial charge in [-0.15, -0.1) is 11.3 Å². The van der Waals surface area contributed by atoms with Crippen molar-refractivity contribution >= 4 is 60.0 Å². The van der Waals surface area contributed by atoms with E-state index in [1.807, 2.05) is 23.6 Å². The molecule has 1 aromatic heterocycles. The van der Waals surface area contributed by atoms with Gasteiger partial charge in [-0.1, -0.05) is 6.07 Å². The van der Waals surface area contributed by atoms with Crippen LogP contribution in [0.5, 0.6) is 0 Å². The molecule has 0 fully saturated rings. The Morgan fingerprint density at radius 1 is 1.42 bits per heavy atom. The number of hydrogen-bond acceptors (Lipinski definition) is 5. The van der Waals surface area contributed by atoms with Crippen LogP contribution in [0, 0.1) is 0 Å². The molecule has 0 aliphatic carbocycles. The van der Waals surface area contributed by atoms with E-state index >= 15 is 0 Å². The number of para-hydroxylation sites is 1. The number of carbonyl (C=O) groups excluding carboxylic acids is 1. The van der Waals surface area contributed by atoms with E-state index in [1.54, 1.807) is 0 Å². The molecule has 7 heteroatoms. The monoisotopic (exact) mass is 404 g/mol. The van der Waals surface area contributed by atoms with Crippen molar-refractivity contribution in [1.29, 1.82) is 0 Å². The number of aromatic nitrogens is 1. The number of hydrogen-bond donors (Lipinski definition) is 1. The Hall–Kier alpha value is -0.920. The summed E-state index contributed by atoms with van der Waals surface area (Å²) >= 11 is 8.39. The predicted molar refractivity (Wildman–Crippen MR) is 83.0 cm³/mol. The second kappa shape index (κ2) is 6.49. The molecule has 1 N–H and O–H groups in total. The second-order valence-electron chi connectivity index (χ2n) is 3.62. The normalized spacial score (nSPS) is 10.3. The summed E-state index contributed by atoms with van der Waals surface area (Å²) in [4.78, 5) is 15.5. The van der Waals surface area contributed by atoms with Gasteiger partial charge in [-0.2, -0.15) is 0 Å². The molecule has 0 saturated heterocycles. The first-order valence-corrected chi connectivity index (χ1v) is 7.79. The van der Waals surface area contributed by atoms with E-state index in [4.69, 9.17) is 0 Å². The number of esters is 1. The van der Waals surface area contributed by atoms with Crippen molar-refractivity contribution in [3.63, 3.8) is 0 Å². The summed E-state index contributed by atoms with van der Waals surface area (Å²) in [7, 11) is 1.37. The molecule has 0 aliphatic heterocycles. The van der Waals surface area contributed by atoms with Crippen molar-refractivity contribution in [3.8, 4) is 0 Å². The highest BCUT2D eigenvalue weighted by Gasteiger charge is 2.10. The van der Waals surface area contributed by atoms with Crippen LogP contribution in [-0.2, 0) is 16.0 Å². The minimum Gasteiger partial charge on any atom is -0.469 e. The summed E-state index contributed by atoms with van der Waals surface area (Å²) in [5, 5.41) is 5.78. The van der Waals surface area contributed by atoms with Gasteiger partial charge in [-0.3, -0.25) is 4.79 Å². The third kappa shape index (κ3) is 3.77. The summed E-state index contributed by atoms with van der Waals surface area (Å²) < 4.78 is 6.48. The molecule has 1 aromatic carbocycles. The molecule has 0 saturated carbocycles. The number of nitrogens with zero attached hydrogens (tertiary/aromatic N) is 1. The Bertz CT molecular complexity index is 581. The Balaban J connectivity index is 2.14. The van der Waals surface area contributed by atoms with Gasteiger partial charge >= 0.3 is 5.97 Å². The molecule has 0 amide bonds. The molecular weight excluding hydrogens is 396 g/mol. The average Bonchev–Trinajstić information content (AvgIpc) is 2.81. The molecule has 19 heavy (non-hydrogen) atoms. The number of ether oxygens (including phenoxy) is 1. The van der Waals surface area contributed by atoms with Crippen LogP contribution in [0.25, 0.3) is 0 Å². The van der Waals surface area contributed by atoms with Crippen LogP contribution in [-0.4, -0.2) is 18.1 Å². The lowest BCUT2D eigenvalue weighted by Crippen LogP contribution is -2.04. The number of anilines is 2. The molecule has 0 radical (unpaired) electrons. The number of carbonyl (C=O) groups is 1. The molecular formula is C12H10Br2N2O2S. The van der Waals surface area contributed by atoms with Crippen LogP contribution < -0.4 is 5.32 Å². The number of rotatable bonds is 4. The van der Waals surface area contributed by atoms with Crippen LogP contribution in [0.15, 0.2) is 32.5 Å². The van der Waals surface area contributed by atoms with Gasteiger partial charge in [0, 0.05) is 14.3 Å². The zero-order valence-corrected chi connectivity index (χ0v) is 13.9. The summed E-state index contributed by atoms with van der Waals surface area (Å²) in [6, 6.07) is 5.82. The molecule has 2 aromatic rings. The summed E-state index contributed by atoms with van der Waals surface area (Å²) in [5.74, 6) is -0.293. The third-order valence-electron chi connectivity index (χ3n) is 2.30. The molecule has 0 unspecified atom stereocenters. The first-order chi connectivity index (χ1) is 9.10. The smallest absolute Gasteiger partial charge is 0.311 e. The maximum Gasteiger partial charge on any atom is 0.311 e. The fourth-order valence-corrected chi connectivity index (χ4v) is 3.30. The van der Waals surface area contributed by atoms with Gasteiger partial charge in [-0.05, 0) is 44.0 Å². The maximum atomic E-state index is 11.2. The fraction of sp³-hybridized carbons (Fsp3) is 0.167. The number of thiazole rings is 1. The Morgan fingerprint density at radius 3 is 2.74 bits per heavy atom. The van der Waals surface area contributed by atoms with Crippen molar-refractivity contribution in [1.82, 2.24) is 4.98 Å². The quantitative estimate of drug-likeness (QED) is 0.777. The van der Waals surface area contributed by atoms with Gasteiger partial charge < -0.3 is 10.1 Å². The van der Waals surface area contributed by atoms with E-state index in [0.717, 1.165) is 19.8 Å². The van der Waals surface area contributed by atoms with E-state index in [-0.39, 0.29) is 12.4 Å². The van der Waals surface area contributed by atoms with Crippen LogP contribution in [0.4, 0.5) is 10.8 Å². The zero-order valence-electron chi connectivity index (χ0n) is 9.94. The summed E-state index contributed by atoms with van der Waals surface area (Å²) in [5.41, 5.74) is 1.60. The molecule has 0 spiro atoms. The van der Waals surface area contributed by atoms with Gasteiger partial charge in [0.2, 0.25) is 0 Å². The van der Waals surface area contributed by atoms with Gasteiger partial charge in [-0.25, -0.2) is 4.98 Å². The van der Waals surface area contributed by atoms with E-state index in [1.165, 1.54) is 18.4 Å². The second-order valence-corrected chi connectivity index (χ2v) is 6.19. The van der Waals surface area contributed by atoms with E-state index in [9.17, 15) is 4.79 Å². The van der Waals surface area contributed by atoms with Crippen LogP contribution in [0.1, 0.15) is 5.69 Å². The van der Waals surface area contributed by atoms with E-state index < -0.39 is 0 Å². The number of benzene rings is 1. The van der Waals surface area contributed by atoms with Crippen LogP contribution >= 0.6 is 43.2 Å². The lowest BCUT2D eigenvalue weighted by atomic mass is 10.3. The average molecular weight is 406 g/mol. The Morgan fingerprint density at radius 2 is 2.11 bits per heavy atom. The minimum atomic E-state index is -0.293. The predicted octanol–water partition coefficient (Wildman–Crippen LogP) is 4.13. The van der Waals surface area contributed by atoms with Crippen molar-refractivity contribution in [3.05, 3.63) is 38.2 Å². The van der Waals surface area contributed by atoms with Crippen LogP contribution in [0.3, 0.4) is 0 Å². The first-order valence-electron chi connectivity index (χ1n) is 5.32. The maximum absolute atomic E-state index is 11.2. The zero-order chi connectivity index (χ0) is 13.8. The Labute approximate surface area is 131 Å². The molecule has 2 rings (SSSR count). The van der Waals surface area contributed by atoms with E-state index in [2.05, 4.69) is 46.9 Å². The highest BCUT2D eigenvalue weighted by molar-refractivity contribution is 9.11. The van der Waals surface area contributed by atoms with Crippen molar-refractivity contribution in [2.24, 2.45) is 0 Å². The lowest BCUT2D eigenvalue weighted by Gasteiger charge is -2.07. The van der Waals surface area contributed by atoms with E-state index in [0.29, 0.717) is 5.69 Å². The molecule has 0 atom stereocenters. The highest BCUT2D eigenvalue weighted by atomic mass is 79.9. The largest absolute Gasteiger partial charge is 0.469 e. The molecule has 4 nitrogen and oxygen atoms in total. The Kier molecular flexibility index (Phi) is 4.95. The van der Waals surface area contributed by atoms with Gasteiger partial charge in [0.05, 0.1) is 24.9 Å². The summed E-state index contributed by atoms with van der Waals surface area (Å²) in [6.45, 7) is 0. The van der Waals surface area contributed by atoms with Crippen molar-refractivity contribution in [2.75, 3.05) is 12.4 Å². The van der Waals surface area contributed by atoms with Crippen molar-refractivity contribution in [2.45, 2.75) is 6.42 Å². The molecule has 0 bridgehead atoms. The first kappa shape index (κ1) is 14.5. The van der Waals surface area contributed by atoms with Crippen LogP contribution in [0.2, 0.25) is 0 Å². The van der Waals surface area contributed by atoms with Gasteiger partial charge in [0.1, 0.15) is 0 Å². The minimum absolute atomic E-state index is 0.186. The standard InChI is InChI=1S/C12H10Br2N2O2S/c1-18-10(17)5-7-6-19-12(15-7)16-11-8(13)3-2-4-9(11)14/h2-4,6H,5H2,1H3,(H,15,16). The SMILES string of the molecule is COC(=O)Cc1csc(Nc2c(Br)cccc2Br)n1. The molecule has 1 heterocycles. The third-order valence-corrected chi connectivity index (χ3v) is 4.43. The number of methoxy groups -OCH3 is 1. The summed E-state index contributed by atoms with van der Waals surface area (Å²) in [6.07, 6.45) is 0.186. The topological polar surface area (TPSA) is 51.2 Å². The fourth-order valence-electron chi connectivity index (χ4n) is 1.39. The highest BCUT2D eigenvalue weighted by Crippen LogP contribution is 2.33. The number of nitrogens with one attached hydrogen (secondary N) is 1. The van der Waals surface area contributed by atoms with Gasteiger partial charge in [0.25, 0.3) is 0 Å². The van der Waals surface area contributed by atoms with Crippen molar-refractivity contribution < 1.29 is 9.53 Å². The number of halogens is 2. The van der Waals surface area contributed by atoms with Gasteiger partial charge in [0.15, 0.2) is 5.13 Å². The lowest BCUT2D eigenvalue weighted by molar-refractivity contribution is -0.139. The molecule has 100 valence electrons.